The molecule has 3 nitrogen and oxygen atoms in total. The number of hydrogen-bond donors (Lipinski definition) is 1. The van der Waals surface area contributed by atoms with Crippen LogP contribution < -0.4 is 10.5 Å². The van der Waals surface area contributed by atoms with Gasteiger partial charge in [0.1, 0.15) is 11.6 Å². The molecular weight excluding hydrogens is 338 g/mol. The van der Waals surface area contributed by atoms with E-state index in [0.29, 0.717) is 39.1 Å². The first-order valence-corrected chi connectivity index (χ1v) is 7.78. The fourth-order valence-corrected chi connectivity index (χ4v) is 3.21. The van der Waals surface area contributed by atoms with Crippen molar-refractivity contribution in [3.05, 3.63) is 51.3 Å². The summed E-state index contributed by atoms with van der Waals surface area (Å²) in [6.07, 6.45) is 1.61. The summed E-state index contributed by atoms with van der Waals surface area (Å²) < 4.78 is 19.5. The van der Waals surface area contributed by atoms with Gasteiger partial charge in [-0.1, -0.05) is 23.2 Å². The number of hydrogen-bond acceptors (Lipinski definition) is 3. The fourth-order valence-electron chi connectivity index (χ4n) is 2.52. The van der Waals surface area contributed by atoms with Crippen LogP contribution in [0.2, 0.25) is 10.0 Å². The quantitative estimate of drug-likeness (QED) is 0.817. The monoisotopic (exact) mass is 352 g/mol. The zero-order chi connectivity index (χ0) is 17.0. The highest BCUT2D eigenvalue weighted by Crippen LogP contribution is 2.43. The van der Waals surface area contributed by atoms with Gasteiger partial charge < -0.3 is 10.5 Å². The lowest BCUT2D eigenvalue weighted by Gasteiger charge is -2.21. The Balaban J connectivity index is 0.000000924. The van der Waals surface area contributed by atoms with Gasteiger partial charge in [0.2, 0.25) is 0 Å². The minimum absolute atomic E-state index is 0.307. The van der Waals surface area contributed by atoms with E-state index in [1.165, 1.54) is 31.3 Å². The molecule has 1 aliphatic rings. The summed E-state index contributed by atoms with van der Waals surface area (Å²) in [5.74, 6) is 0.266. The number of rotatable bonds is 1. The Morgan fingerprint density at radius 2 is 1.83 bits per heavy atom. The summed E-state index contributed by atoms with van der Waals surface area (Å²) in [5.41, 5.74) is 6.70. The second-order valence-corrected chi connectivity index (χ2v) is 5.63. The molecule has 3 rings (SSSR count). The van der Waals surface area contributed by atoms with E-state index in [2.05, 4.69) is 5.73 Å². The Hall–Kier alpha value is -1.80. The predicted octanol–water partition coefficient (Wildman–Crippen LogP) is 4.57. The highest BCUT2D eigenvalue weighted by atomic mass is 35.5. The summed E-state index contributed by atoms with van der Waals surface area (Å²) in [4.78, 5) is 0. The van der Waals surface area contributed by atoms with Crippen molar-refractivity contribution in [2.24, 2.45) is 5.73 Å². The van der Waals surface area contributed by atoms with Crippen LogP contribution in [0.25, 0.3) is 11.1 Å². The number of halogens is 3. The summed E-state index contributed by atoms with van der Waals surface area (Å²) in [6.45, 7) is 0.581. The lowest BCUT2D eigenvalue weighted by molar-refractivity contribution is 0.289. The molecule has 0 saturated carbocycles. The molecule has 0 aromatic heterocycles. The van der Waals surface area contributed by atoms with E-state index in [1.54, 1.807) is 0 Å². The third-order valence-corrected chi connectivity index (χ3v) is 4.00. The van der Waals surface area contributed by atoms with Crippen LogP contribution >= 0.6 is 23.2 Å². The van der Waals surface area contributed by atoms with Gasteiger partial charge in [0.15, 0.2) is 0 Å². The van der Waals surface area contributed by atoms with E-state index in [0.717, 1.165) is 18.4 Å². The first-order chi connectivity index (χ1) is 11.1. The van der Waals surface area contributed by atoms with Crippen molar-refractivity contribution in [2.75, 3.05) is 13.7 Å². The Kier molecular flexibility index (Phi) is 5.84. The molecule has 0 saturated heterocycles. The molecule has 0 bridgehead atoms. The maximum atomic E-state index is 13.9. The molecule has 0 aliphatic carbocycles. The Labute approximate surface area is 144 Å². The van der Waals surface area contributed by atoms with Crippen LogP contribution in [0, 0.1) is 17.1 Å². The molecular formula is C17H15Cl2FN2O. The molecule has 0 amide bonds. The van der Waals surface area contributed by atoms with Gasteiger partial charge in [-0.15, -0.1) is 0 Å². The van der Waals surface area contributed by atoms with E-state index >= 15 is 0 Å². The van der Waals surface area contributed by atoms with Gasteiger partial charge in [0.25, 0.3) is 0 Å². The summed E-state index contributed by atoms with van der Waals surface area (Å²) in [5, 5.41) is 9.55. The van der Waals surface area contributed by atoms with E-state index in [4.69, 9.17) is 33.2 Å². The predicted molar refractivity (Wildman–Crippen MR) is 90.5 cm³/mol. The van der Waals surface area contributed by atoms with Crippen LogP contribution in [0.5, 0.6) is 5.75 Å². The molecule has 0 radical (unpaired) electrons. The standard InChI is InChI=1S/C16H10Cl2FNO.CH5N/c17-13-4-9(8-20)5-14(18)15(13)12-7-11(19)6-10-2-1-3-21-16(10)12;1-2/h4-7H,1-3H2;2H2,1H3. The first-order valence-electron chi connectivity index (χ1n) is 7.02. The number of nitriles is 1. The van der Waals surface area contributed by atoms with Crippen LogP contribution in [0.15, 0.2) is 24.3 Å². The number of fused-ring (bicyclic) bond motifs is 1. The lowest BCUT2D eigenvalue weighted by Crippen LogP contribution is -2.10. The smallest absolute Gasteiger partial charge is 0.130 e. The molecule has 1 heterocycles. The maximum absolute atomic E-state index is 13.9. The zero-order valence-electron chi connectivity index (χ0n) is 12.5. The van der Waals surface area contributed by atoms with Crippen molar-refractivity contribution in [1.29, 1.82) is 5.26 Å². The van der Waals surface area contributed by atoms with E-state index in [-0.39, 0.29) is 5.82 Å². The number of benzene rings is 2. The molecule has 0 unspecified atom stereocenters. The van der Waals surface area contributed by atoms with Gasteiger partial charge in [-0.3, -0.25) is 0 Å². The molecule has 6 heteroatoms. The number of aryl methyl sites for hydroxylation is 1. The van der Waals surface area contributed by atoms with Crippen LogP contribution in [0.1, 0.15) is 17.5 Å². The lowest BCUT2D eigenvalue weighted by atomic mass is 9.96. The van der Waals surface area contributed by atoms with Gasteiger partial charge in [-0.2, -0.15) is 5.26 Å². The molecule has 0 atom stereocenters. The van der Waals surface area contributed by atoms with Gasteiger partial charge in [-0.05, 0) is 49.7 Å². The van der Waals surface area contributed by atoms with Crippen LogP contribution in [0.4, 0.5) is 4.39 Å². The molecule has 120 valence electrons. The fraction of sp³-hybridized carbons (Fsp3) is 0.235. The molecule has 0 fully saturated rings. The van der Waals surface area contributed by atoms with Crippen LogP contribution in [0.3, 0.4) is 0 Å². The Bertz CT molecular complexity index is 749. The molecule has 2 aromatic rings. The Morgan fingerprint density at radius 3 is 2.43 bits per heavy atom. The summed E-state index contributed by atoms with van der Waals surface area (Å²) in [6, 6.07) is 7.86. The molecule has 2 aromatic carbocycles. The molecule has 1 aliphatic heterocycles. The van der Waals surface area contributed by atoms with E-state index in [9.17, 15) is 4.39 Å². The van der Waals surface area contributed by atoms with Gasteiger partial charge in [-0.25, -0.2) is 4.39 Å². The third-order valence-electron chi connectivity index (χ3n) is 3.41. The highest BCUT2D eigenvalue weighted by Gasteiger charge is 2.21. The summed E-state index contributed by atoms with van der Waals surface area (Å²) in [7, 11) is 1.50. The Morgan fingerprint density at radius 1 is 1.17 bits per heavy atom. The molecule has 0 spiro atoms. The zero-order valence-corrected chi connectivity index (χ0v) is 14.0. The largest absolute Gasteiger partial charge is 0.493 e. The van der Waals surface area contributed by atoms with Gasteiger partial charge >= 0.3 is 0 Å². The van der Waals surface area contributed by atoms with Crippen LogP contribution in [-0.4, -0.2) is 13.7 Å². The van der Waals surface area contributed by atoms with E-state index in [1.807, 2.05) is 6.07 Å². The van der Waals surface area contributed by atoms with Crippen molar-refractivity contribution < 1.29 is 9.13 Å². The summed E-state index contributed by atoms with van der Waals surface area (Å²) >= 11 is 12.5. The van der Waals surface area contributed by atoms with Crippen LogP contribution in [-0.2, 0) is 6.42 Å². The van der Waals surface area contributed by atoms with Crippen molar-refractivity contribution in [2.45, 2.75) is 12.8 Å². The maximum Gasteiger partial charge on any atom is 0.130 e. The topological polar surface area (TPSA) is 59.0 Å². The normalized spacial score (nSPS) is 12.3. The number of ether oxygens (including phenoxy) is 1. The average Bonchev–Trinajstić information content (AvgIpc) is 2.55. The highest BCUT2D eigenvalue weighted by molar-refractivity contribution is 6.39. The van der Waals surface area contributed by atoms with Gasteiger partial charge in [0, 0.05) is 11.1 Å². The molecule has 23 heavy (non-hydrogen) atoms. The minimum Gasteiger partial charge on any atom is -0.493 e. The minimum atomic E-state index is -0.356. The second-order valence-electron chi connectivity index (χ2n) is 4.82. The first kappa shape index (κ1) is 17.6. The van der Waals surface area contributed by atoms with Crippen molar-refractivity contribution in [3.63, 3.8) is 0 Å². The van der Waals surface area contributed by atoms with Gasteiger partial charge in [0.05, 0.1) is 28.3 Å². The number of nitrogens with two attached hydrogens (primary N) is 1. The number of nitrogens with zero attached hydrogens (tertiary/aromatic N) is 1. The van der Waals surface area contributed by atoms with E-state index < -0.39 is 0 Å². The SMILES string of the molecule is CN.N#Cc1cc(Cl)c(-c2cc(F)cc3c2OCCC3)c(Cl)c1. The third kappa shape index (κ3) is 3.59. The van der Waals surface area contributed by atoms with Crippen molar-refractivity contribution in [1.82, 2.24) is 0 Å². The second kappa shape index (κ2) is 7.65. The van der Waals surface area contributed by atoms with Crippen molar-refractivity contribution in [3.8, 4) is 22.9 Å². The average molecular weight is 353 g/mol. The van der Waals surface area contributed by atoms with Crippen molar-refractivity contribution >= 4 is 23.2 Å². The molecule has 2 N–H and O–H groups in total.